The van der Waals surface area contributed by atoms with E-state index in [1.165, 1.54) is 12.1 Å². The quantitative estimate of drug-likeness (QED) is 0.367. The SMILES string of the molecule is CNC(=O)c1c(-c2ccc(F)cc2)oc2cc(NCCCO)c(-c3ccccc3)cc12. The molecule has 0 radical (unpaired) electrons. The van der Waals surface area contributed by atoms with Crippen molar-refractivity contribution in [3.8, 4) is 22.5 Å². The summed E-state index contributed by atoms with van der Waals surface area (Å²) in [7, 11) is 1.57. The van der Waals surface area contributed by atoms with Crippen molar-refractivity contribution < 1.29 is 18.7 Å². The maximum absolute atomic E-state index is 13.4. The van der Waals surface area contributed by atoms with Crippen LogP contribution in [0.25, 0.3) is 33.4 Å². The van der Waals surface area contributed by atoms with Gasteiger partial charge in [-0.3, -0.25) is 4.79 Å². The molecule has 0 aliphatic heterocycles. The topological polar surface area (TPSA) is 74.5 Å². The van der Waals surface area contributed by atoms with Crippen molar-refractivity contribution >= 4 is 22.6 Å². The predicted molar refractivity (Wildman–Crippen MR) is 121 cm³/mol. The van der Waals surface area contributed by atoms with Crippen molar-refractivity contribution in [1.29, 1.82) is 0 Å². The number of anilines is 1. The van der Waals surface area contributed by atoms with Gasteiger partial charge in [0.2, 0.25) is 0 Å². The molecule has 0 fully saturated rings. The zero-order chi connectivity index (χ0) is 21.8. The van der Waals surface area contributed by atoms with Crippen molar-refractivity contribution in [2.75, 3.05) is 25.5 Å². The first-order valence-corrected chi connectivity index (χ1v) is 10.1. The van der Waals surface area contributed by atoms with Crippen LogP contribution in [0.2, 0.25) is 0 Å². The molecule has 0 aliphatic carbocycles. The van der Waals surface area contributed by atoms with Crippen molar-refractivity contribution in [1.82, 2.24) is 5.32 Å². The molecule has 158 valence electrons. The number of amides is 1. The number of nitrogens with one attached hydrogen (secondary N) is 2. The number of furan rings is 1. The number of hydrogen-bond donors (Lipinski definition) is 3. The monoisotopic (exact) mass is 418 g/mol. The lowest BCUT2D eigenvalue weighted by Crippen LogP contribution is -2.18. The van der Waals surface area contributed by atoms with Crippen LogP contribution < -0.4 is 10.6 Å². The van der Waals surface area contributed by atoms with E-state index in [0.29, 0.717) is 40.8 Å². The van der Waals surface area contributed by atoms with Gasteiger partial charge >= 0.3 is 0 Å². The van der Waals surface area contributed by atoms with Gasteiger partial charge in [0.25, 0.3) is 5.91 Å². The predicted octanol–water partition coefficient (Wildman–Crippen LogP) is 5.06. The van der Waals surface area contributed by atoms with E-state index < -0.39 is 0 Å². The van der Waals surface area contributed by atoms with Crippen LogP contribution in [-0.4, -0.2) is 31.2 Å². The molecule has 0 unspecified atom stereocenters. The number of rotatable bonds is 7. The number of fused-ring (bicyclic) bond motifs is 1. The van der Waals surface area contributed by atoms with E-state index in [4.69, 9.17) is 9.52 Å². The van der Waals surface area contributed by atoms with Gasteiger partial charge in [-0.25, -0.2) is 4.39 Å². The highest BCUT2D eigenvalue weighted by atomic mass is 19.1. The Bertz CT molecular complexity index is 1200. The summed E-state index contributed by atoms with van der Waals surface area (Å²) in [6, 6.07) is 19.5. The molecule has 1 amide bonds. The van der Waals surface area contributed by atoms with Gasteiger partial charge in [-0.2, -0.15) is 0 Å². The molecule has 0 saturated heterocycles. The van der Waals surface area contributed by atoms with Crippen molar-refractivity contribution in [3.63, 3.8) is 0 Å². The second kappa shape index (κ2) is 9.02. The lowest BCUT2D eigenvalue weighted by atomic mass is 9.98. The minimum absolute atomic E-state index is 0.0895. The Morgan fingerprint density at radius 3 is 2.45 bits per heavy atom. The second-order valence-electron chi connectivity index (χ2n) is 7.16. The number of carbonyl (C=O) groups is 1. The molecule has 0 aliphatic rings. The summed E-state index contributed by atoms with van der Waals surface area (Å²) in [5.74, 6) is -0.248. The van der Waals surface area contributed by atoms with Gasteiger partial charge in [0.15, 0.2) is 0 Å². The summed E-state index contributed by atoms with van der Waals surface area (Å²) in [5, 5.41) is 15.9. The standard InChI is InChI=1S/C25H23FN2O3/c1-27-25(30)23-20-14-19(16-6-3-2-4-7-16)21(28-12-5-13-29)15-22(20)31-24(23)17-8-10-18(26)11-9-17/h2-4,6-11,14-15,28-29H,5,12-13H2,1H3,(H,27,30). The van der Waals surface area contributed by atoms with Gasteiger partial charge in [0.1, 0.15) is 17.2 Å². The van der Waals surface area contributed by atoms with Gasteiger partial charge in [0.05, 0.1) is 5.56 Å². The average molecular weight is 418 g/mol. The maximum atomic E-state index is 13.4. The minimum Gasteiger partial charge on any atom is -0.455 e. The zero-order valence-electron chi connectivity index (χ0n) is 17.1. The lowest BCUT2D eigenvalue weighted by Gasteiger charge is -2.12. The molecular weight excluding hydrogens is 395 g/mol. The Hall–Kier alpha value is -3.64. The Balaban J connectivity index is 1.95. The number of halogens is 1. The largest absolute Gasteiger partial charge is 0.455 e. The summed E-state index contributed by atoms with van der Waals surface area (Å²) >= 11 is 0. The van der Waals surface area contributed by atoms with Crippen molar-refractivity contribution in [2.24, 2.45) is 0 Å². The van der Waals surface area contributed by atoms with E-state index in [1.54, 1.807) is 19.2 Å². The van der Waals surface area contributed by atoms with Crippen molar-refractivity contribution in [2.45, 2.75) is 6.42 Å². The number of carbonyl (C=O) groups excluding carboxylic acids is 1. The summed E-state index contributed by atoms with van der Waals surface area (Å²) < 4.78 is 19.6. The number of benzene rings is 3. The molecule has 31 heavy (non-hydrogen) atoms. The van der Waals surface area contributed by atoms with E-state index in [2.05, 4.69) is 10.6 Å². The summed E-state index contributed by atoms with van der Waals surface area (Å²) in [6.07, 6.45) is 0.606. The maximum Gasteiger partial charge on any atom is 0.255 e. The Morgan fingerprint density at radius 1 is 1.03 bits per heavy atom. The molecule has 1 aromatic heterocycles. The smallest absolute Gasteiger partial charge is 0.255 e. The summed E-state index contributed by atoms with van der Waals surface area (Å²) in [6.45, 7) is 0.682. The Kier molecular flexibility index (Phi) is 6.00. The molecule has 3 N–H and O–H groups in total. The normalized spacial score (nSPS) is 10.9. The van der Waals surface area contributed by atoms with Gasteiger partial charge in [-0.15, -0.1) is 0 Å². The molecule has 4 aromatic rings. The fraction of sp³-hybridized carbons (Fsp3) is 0.160. The van der Waals surface area contributed by atoms with E-state index in [1.807, 2.05) is 42.5 Å². The Morgan fingerprint density at radius 2 is 1.77 bits per heavy atom. The van der Waals surface area contributed by atoms with Gasteiger partial charge in [-0.05, 0) is 42.3 Å². The average Bonchev–Trinajstić information content (AvgIpc) is 3.17. The molecule has 5 nitrogen and oxygen atoms in total. The highest BCUT2D eigenvalue weighted by Gasteiger charge is 2.23. The molecular formula is C25H23FN2O3. The van der Waals surface area contributed by atoms with Crippen LogP contribution in [0.4, 0.5) is 10.1 Å². The van der Waals surface area contributed by atoms with Crippen LogP contribution >= 0.6 is 0 Å². The molecule has 1 heterocycles. The van der Waals surface area contributed by atoms with Crippen LogP contribution in [0.3, 0.4) is 0 Å². The number of aliphatic hydroxyl groups is 1. The first-order valence-electron chi connectivity index (χ1n) is 10.1. The first kappa shape index (κ1) is 20.6. The fourth-order valence-electron chi connectivity index (χ4n) is 3.60. The summed E-state index contributed by atoms with van der Waals surface area (Å²) in [4.78, 5) is 12.8. The Labute approximate surface area is 179 Å². The van der Waals surface area contributed by atoms with E-state index >= 15 is 0 Å². The third-order valence-electron chi connectivity index (χ3n) is 5.12. The zero-order valence-corrected chi connectivity index (χ0v) is 17.1. The molecule has 0 spiro atoms. The van der Waals surface area contributed by atoms with Gasteiger partial charge in [0, 0.05) is 48.5 Å². The highest BCUT2D eigenvalue weighted by Crippen LogP contribution is 2.39. The van der Waals surface area contributed by atoms with Crippen LogP contribution in [0, 0.1) is 5.82 Å². The van der Waals surface area contributed by atoms with Crippen molar-refractivity contribution in [3.05, 3.63) is 78.1 Å². The molecule has 3 aromatic carbocycles. The fourth-order valence-corrected chi connectivity index (χ4v) is 3.60. The molecule has 0 saturated carbocycles. The summed E-state index contributed by atoms with van der Waals surface area (Å²) in [5.41, 5.74) is 4.32. The number of hydrogen-bond acceptors (Lipinski definition) is 4. The third kappa shape index (κ3) is 4.15. The van der Waals surface area contributed by atoms with Gasteiger partial charge < -0.3 is 20.2 Å². The van der Waals surface area contributed by atoms with Crippen LogP contribution in [-0.2, 0) is 0 Å². The molecule has 0 atom stereocenters. The molecule has 6 heteroatoms. The first-order chi connectivity index (χ1) is 15.1. The van der Waals surface area contributed by atoms with Gasteiger partial charge in [-0.1, -0.05) is 30.3 Å². The molecule has 0 bridgehead atoms. The highest BCUT2D eigenvalue weighted by molar-refractivity contribution is 6.12. The van der Waals surface area contributed by atoms with E-state index in [9.17, 15) is 9.18 Å². The van der Waals surface area contributed by atoms with Crippen LogP contribution in [0.15, 0.2) is 71.1 Å². The molecule has 4 rings (SSSR count). The minimum atomic E-state index is -0.358. The van der Waals surface area contributed by atoms with Crippen LogP contribution in [0.5, 0.6) is 0 Å². The lowest BCUT2D eigenvalue weighted by molar-refractivity contribution is 0.0964. The van der Waals surface area contributed by atoms with E-state index in [0.717, 1.165) is 16.8 Å². The van der Waals surface area contributed by atoms with Crippen LogP contribution in [0.1, 0.15) is 16.8 Å². The van der Waals surface area contributed by atoms with E-state index in [-0.39, 0.29) is 18.3 Å². The number of aliphatic hydroxyl groups excluding tert-OH is 1. The third-order valence-corrected chi connectivity index (χ3v) is 5.12. The second-order valence-corrected chi connectivity index (χ2v) is 7.16.